The third kappa shape index (κ3) is 6.22. The molecule has 1 aromatic carbocycles. The molecule has 0 saturated carbocycles. The number of carbonyl (C=O) groups is 1. The zero-order chi connectivity index (χ0) is 21.6. The van der Waals surface area contributed by atoms with Crippen LogP contribution in [-0.4, -0.2) is 64.8 Å². The molecule has 0 radical (unpaired) electrons. The summed E-state index contributed by atoms with van der Waals surface area (Å²) in [4.78, 5) is 21.3. The number of likely N-dealkylation sites (N-methyl/N-ethyl adjacent to an activating group) is 1. The van der Waals surface area contributed by atoms with E-state index in [9.17, 15) is 23.1 Å². The van der Waals surface area contributed by atoms with E-state index in [1.54, 1.807) is 19.1 Å². The molecule has 9 nitrogen and oxygen atoms in total. The minimum Gasteiger partial charge on any atom is -0.465 e. The van der Waals surface area contributed by atoms with Crippen LogP contribution in [0, 0.1) is 0 Å². The van der Waals surface area contributed by atoms with Crippen molar-refractivity contribution in [3.63, 3.8) is 0 Å². The van der Waals surface area contributed by atoms with Crippen LogP contribution in [-0.2, 0) is 27.1 Å². The molecule has 2 rings (SSSR count). The fourth-order valence-electron chi connectivity index (χ4n) is 2.35. The SMILES string of the molecule is CCOC(=O)CN(C)C(O)N(Cc1ccc(-c2noc(C(F)(F)F)n2)cc1)OC. The number of hydrogen-bond acceptors (Lipinski definition) is 9. The Balaban J connectivity index is 2.03. The average molecular weight is 418 g/mol. The third-order valence-corrected chi connectivity index (χ3v) is 3.79. The van der Waals surface area contributed by atoms with Crippen LogP contribution in [0.1, 0.15) is 18.4 Å². The number of ether oxygens (including phenoxy) is 1. The number of hydrogen-bond donors (Lipinski definition) is 1. The van der Waals surface area contributed by atoms with Crippen molar-refractivity contribution in [3.8, 4) is 11.4 Å². The lowest BCUT2D eigenvalue weighted by molar-refractivity contribution is -0.270. The van der Waals surface area contributed by atoms with Crippen LogP contribution in [0.2, 0.25) is 0 Å². The van der Waals surface area contributed by atoms with Gasteiger partial charge in [-0.2, -0.15) is 18.2 Å². The molecule has 0 saturated heterocycles. The monoisotopic (exact) mass is 418 g/mol. The maximum Gasteiger partial charge on any atom is 0.471 e. The third-order valence-electron chi connectivity index (χ3n) is 3.79. The van der Waals surface area contributed by atoms with Crippen LogP contribution >= 0.6 is 0 Å². The Hall–Kier alpha value is -2.54. The molecule has 29 heavy (non-hydrogen) atoms. The quantitative estimate of drug-likeness (QED) is 0.372. The van der Waals surface area contributed by atoms with Gasteiger partial charge in [0.05, 0.1) is 26.8 Å². The van der Waals surface area contributed by atoms with E-state index in [1.165, 1.54) is 36.3 Å². The number of aromatic nitrogens is 2. The van der Waals surface area contributed by atoms with Crippen molar-refractivity contribution in [1.29, 1.82) is 0 Å². The molecule has 0 bridgehead atoms. The molecule has 12 heteroatoms. The summed E-state index contributed by atoms with van der Waals surface area (Å²) < 4.78 is 46.7. The number of benzene rings is 1. The average Bonchev–Trinajstić information content (AvgIpc) is 3.17. The van der Waals surface area contributed by atoms with Gasteiger partial charge in [-0.1, -0.05) is 29.4 Å². The molecule has 2 aromatic rings. The summed E-state index contributed by atoms with van der Waals surface area (Å²) in [5, 5.41) is 14.9. The van der Waals surface area contributed by atoms with Crippen LogP contribution < -0.4 is 0 Å². The Morgan fingerprint density at radius 2 is 1.97 bits per heavy atom. The summed E-state index contributed by atoms with van der Waals surface area (Å²) in [7, 11) is 2.87. The maximum atomic E-state index is 12.6. The highest BCUT2D eigenvalue weighted by Crippen LogP contribution is 2.29. The number of nitrogens with zero attached hydrogens (tertiary/aromatic N) is 4. The first-order chi connectivity index (χ1) is 13.7. The topological polar surface area (TPSA) is 101 Å². The van der Waals surface area contributed by atoms with Gasteiger partial charge in [0.25, 0.3) is 0 Å². The van der Waals surface area contributed by atoms with E-state index in [-0.39, 0.29) is 25.5 Å². The number of aliphatic hydroxyl groups excluding tert-OH is 1. The van der Waals surface area contributed by atoms with Crippen molar-refractivity contribution in [1.82, 2.24) is 20.1 Å². The second-order valence-corrected chi connectivity index (χ2v) is 5.94. The van der Waals surface area contributed by atoms with Gasteiger partial charge in [0, 0.05) is 5.56 Å². The predicted octanol–water partition coefficient (Wildman–Crippen LogP) is 1.89. The van der Waals surface area contributed by atoms with E-state index >= 15 is 0 Å². The lowest BCUT2D eigenvalue weighted by Gasteiger charge is -2.31. The first-order valence-corrected chi connectivity index (χ1v) is 8.50. The highest BCUT2D eigenvalue weighted by Gasteiger charge is 2.38. The lowest BCUT2D eigenvalue weighted by atomic mass is 10.1. The second-order valence-electron chi connectivity index (χ2n) is 5.94. The first-order valence-electron chi connectivity index (χ1n) is 8.50. The Bertz CT molecular complexity index is 797. The molecule has 0 aliphatic rings. The van der Waals surface area contributed by atoms with Gasteiger partial charge in [0.1, 0.15) is 0 Å². The minimum atomic E-state index is -4.71. The predicted molar refractivity (Wildman–Crippen MR) is 92.6 cm³/mol. The highest BCUT2D eigenvalue weighted by atomic mass is 19.4. The van der Waals surface area contributed by atoms with Gasteiger partial charge in [0.15, 0.2) is 6.35 Å². The van der Waals surface area contributed by atoms with E-state index in [0.717, 1.165) is 0 Å². The second kappa shape index (κ2) is 9.78. The van der Waals surface area contributed by atoms with Gasteiger partial charge < -0.3 is 14.4 Å². The van der Waals surface area contributed by atoms with Crippen LogP contribution in [0.4, 0.5) is 13.2 Å². The van der Waals surface area contributed by atoms with Crippen LogP contribution in [0.3, 0.4) is 0 Å². The molecule has 0 aliphatic carbocycles. The number of alkyl halides is 3. The largest absolute Gasteiger partial charge is 0.471 e. The van der Waals surface area contributed by atoms with Crippen molar-refractivity contribution in [2.24, 2.45) is 0 Å². The summed E-state index contributed by atoms with van der Waals surface area (Å²) in [6.45, 7) is 1.89. The Morgan fingerprint density at radius 3 is 2.48 bits per heavy atom. The van der Waals surface area contributed by atoms with E-state index in [1.807, 2.05) is 0 Å². The van der Waals surface area contributed by atoms with E-state index in [4.69, 9.17) is 9.57 Å². The summed E-state index contributed by atoms with van der Waals surface area (Å²) in [6.07, 6.45) is -5.95. The van der Waals surface area contributed by atoms with Crippen molar-refractivity contribution in [3.05, 3.63) is 35.7 Å². The molecule has 1 unspecified atom stereocenters. The van der Waals surface area contributed by atoms with Crippen molar-refractivity contribution < 1.29 is 37.2 Å². The minimum absolute atomic E-state index is 0.130. The standard InChI is InChI=1S/C17H21F3N4O5/c1-4-28-13(25)10-23(2)16(26)24(27-3)9-11-5-7-12(8-6-11)14-21-15(29-22-14)17(18,19)20/h5-8,16,26H,4,9-10H2,1-3H3. The molecule has 1 atom stereocenters. The summed E-state index contributed by atoms with van der Waals surface area (Å²) >= 11 is 0. The van der Waals surface area contributed by atoms with Crippen molar-refractivity contribution in [2.75, 3.05) is 27.3 Å². The summed E-state index contributed by atoms with van der Waals surface area (Å²) in [5.74, 6) is -2.11. The molecule has 1 heterocycles. The first kappa shape index (κ1) is 22.7. The number of rotatable bonds is 9. The van der Waals surface area contributed by atoms with Gasteiger partial charge in [-0.3, -0.25) is 14.5 Å². The molecule has 160 valence electrons. The molecule has 0 amide bonds. The molecule has 1 N–H and O–H groups in total. The lowest BCUT2D eigenvalue weighted by Crippen LogP contribution is -2.47. The fourth-order valence-corrected chi connectivity index (χ4v) is 2.35. The van der Waals surface area contributed by atoms with Crippen molar-refractivity contribution >= 4 is 5.97 Å². The molecule has 1 aromatic heterocycles. The molecule has 0 aliphatic heterocycles. The van der Waals surface area contributed by atoms with E-state index in [0.29, 0.717) is 11.1 Å². The zero-order valence-corrected chi connectivity index (χ0v) is 16.0. The van der Waals surface area contributed by atoms with Crippen LogP contribution in [0.25, 0.3) is 11.4 Å². The van der Waals surface area contributed by atoms with Gasteiger partial charge in [-0.15, -0.1) is 5.06 Å². The number of hydroxylamine groups is 2. The fraction of sp³-hybridized carbons (Fsp3) is 0.471. The Labute approximate surface area is 164 Å². The Kier molecular flexibility index (Phi) is 7.67. The van der Waals surface area contributed by atoms with Gasteiger partial charge >= 0.3 is 18.0 Å². The number of aliphatic hydroxyl groups is 1. The summed E-state index contributed by atoms with van der Waals surface area (Å²) in [6, 6.07) is 6.26. The van der Waals surface area contributed by atoms with Gasteiger partial charge in [0.2, 0.25) is 5.82 Å². The highest BCUT2D eigenvalue weighted by molar-refractivity contribution is 5.71. The molecular weight excluding hydrogens is 397 g/mol. The smallest absolute Gasteiger partial charge is 0.465 e. The van der Waals surface area contributed by atoms with Crippen molar-refractivity contribution in [2.45, 2.75) is 26.0 Å². The molecule has 0 spiro atoms. The van der Waals surface area contributed by atoms with Crippen LogP contribution in [0.5, 0.6) is 0 Å². The van der Waals surface area contributed by atoms with E-state index in [2.05, 4.69) is 14.7 Å². The maximum absolute atomic E-state index is 12.6. The van der Waals surface area contributed by atoms with Gasteiger partial charge in [-0.25, -0.2) is 0 Å². The van der Waals surface area contributed by atoms with E-state index < -0.39 is 24.4 Å². The number of carbonyl (C=O) groups excluding carboxylic acids is 1. The summed E-state index contributed by atoms with van der Waals surface area (Å²) in [5.41, 5.74) is 1.01. The molecule has 0 fully saturated rings. The Morgan fingerprint density at radius 1 is 1.31 bits per heavy atom. The molecular formula is C17H21F3N4O5. The zero-order valence-electron chi connectivity index (χ0n) is 16.0. The van der Waals surface area contributed by atoms with Gasteiger partial charge in [-0.05, 0) is 19.5 Å². The number of halogens is 3. The van der Waals surface area contributed by atoms with Crippen LogP contribution in [0.15, 0.2) is 28.8 Å². The number of esters is 1. The normalized spacial score (nSPS) is 13.1.